The number of carbonyl (C=O) groups excluding carboxylic acids is 1. The van der Waals surface area contributed by atoms with Crippen LogP contribution in [0.25, 0.3) is 16.7 Å². The minimum atomic E-state index is -0.218. The van der Waals surface area contributed by atoms with Crippen LogP contribution in [0.4, 0.5) is 5.95 Å². The first-order valence-electron chi connectivity index (χ1n) is 8.69. The number of benzene rings is 1. The summed E-state index contributed by atoms with van der Waals surface area (Å²) in [6.45, 7) is 6.04. The van der Waals surface area contributed by atoms with Crippen molar-refractivity contribution in [1.29, 1.82) is 0 Å². The zero-order valence-corrected chi connectivity index (χ0v) is 16.7. The third kappa shape index (κ3) is 3.34. The van der Waals surface area contributed by atoms with Crippen LogP contribution in [0, 0.1) is 6.92 Å². The summed E-state index contributed by atoms with van der Waals surface area (Å²) in [5, 5.41) is 4.96. The molecule has 27 heavy (non-hydrogen) atoms. The van der Waals surface area contributed by atoms with Crippen LogP contribution in [-0.4, -0.2) is 56.7 Å². The highest BCUT2D eigenvalue weighted by Crippen LogP contribution is 2.21. The largest absolute Gasteiger partial charge is 0.339 e. The van der Waals surface area contributed by atoms with E-state index in [4.69, 9.17) is 0 Å². The summed E-state index contributed by atoms with van der Waals surface area (Å²) in [6, 6.07) is 5.88. The number of H-pyrrole nitrogens is 1. The maximum Gasteiger partial charge on any atom is 0.263 e. The lowest BCUT2D eigenvalue weighted by Crippen LogP contribution is -2.48. The predicted molar refractivity (Wildman–Crippen MR) is 106 cm³/mol. The molecule has 0 atom stereocenters. The number of aromatic amines is 1. The molecular weight excluding hydrogens is 412 g/mol. The molecule has 1 amide bonds. The van der Waals surface area contributed by atoms with Gasteiger partial charge in [-0.2, -0.15) is 4.98 Å². The SMILES string of the molecule is CC(=O)N1CCN(c2nc3nn(-c4ccc(Br)cc4C)cc3c(=O)[nH]2)CC1. The third-order valence-electron chi connectivity index (χ3n) is 4.81. The van der Waals surface area contributed by atoms with Gasteiger partial charge in [-0.1, -0.05) is 15.9 Å². The molecule has 0 spiro atoms. The number of hydrogen-bond donors (Lipinski definition) is 1. The number of aryl methyl sites for hydroxylation is 1. The van der Waals surface area contributed by atoms with Gasteiger partial charge in [0.15, 0.2) is 5.65 Å². The second-order valence-corrected chi connectivity index (χ2v) is 7.54. The maximum absolute atomic E-state index is 12.6. The Balaban J connectivity index is 1.68. The molecule has 3 aromatic rings. The number of nitrogens with one attached hydrogen (secondary N) is 1. The molecule has 8 nitrogen and oxygen atoms in total. The van der Waals surface area contributed by atoms with Gasteiger partial charge in [0.25, 0.3) is 5.56 Å². The maximum atomic E-state index is 12.6. The third-order valence-corrected chi connectivity index (χ3v) is 5.30. The lowest BCUT2D eigenvalue weighted by Gasteiger charge is -2.34. The number of carbonyl (C=O) groups is 1. The molecule has 0 unspecified atom stereocenters. The van der Waals surface area contributed by atoms with E-state index in [2.05, 4.69) is 31.0 Å². The normalized spacial score (nSPS) is 14.8. The Labute approximate surface area is 163 Å². The first kappa shape index (κ1) is 17.7. The van der Waals surface area contributed by atoms with E-state index in [-0.39, 0.29) is 11.5 Å². The van der Waals surface area contributed by atoms with Crippen molar-refractivity contribution in [3.8, 4) is 5.69 Å². The van der Waals surface area contributed by atoms with Crippen LogP contribution in [0.1, 0.15) is 12.5 Å². The van der Waals surface area contributed by atoms with Gasteiger partial charge in [-0.25, -0.2) is 4.68 Å². The summed E-state index contributed by atoms with van der Waals surface area (Å²) in [7, 11) is 0. The van der Waals surface area contributed by atoms with Gasteiger partial charge < -0.3 is 9.80 Å². The summed E-state index contributed by atoms with van der Waals surface area (Å²) in [5.74, 6) is 0.559. The van der Waals surface area contributed by atoms with Gasteiger partial charge >= 0.3 is 0 Å². The number of nitrogens with zero attached hydrogens (tertiary/aromatic N) is 5. The highest BCUT2D eigenvalue weighted by Gasteiger charge is 2.21. The molecule has 140 valence electrons. The monoisotopic (exact) mass is 430 g/mol. The number of amides is 1. The quantitative estimate of drug-likeness (QED) is 0.670. The number of piperazine rings is 1. The van der Waals surface area contributed by atoms with E-state index in [0.29, 0.717) is 43.2 Å². The van der Waals surface area contributed by atoms with Crippen molar-refractivity contribution in [2.75, 3.05) is 31.1 Å². The van der Waals surface area contributed by atoms with Crippen molar-refractivity contribution < 1.29 is 4.79 Å². The molecule has 1 fully saturated rings. The molecule has 0 saturated carbocycles. The van der Waals surface area contributed by atoms with E-state index in [0.717, 1.165) is 15.7 Å². The minimum Gasteiger partial charge on any atom is -0.339 e. The molecule has 0 radical (unpaired) electrons. The van der Waals surface area contributed by atoms with Gasteiger partial charge in [0.2, 0.25) is 11.9 Å². The Kier molecular flexibility index (Phi) is 4.47. The van der Waals surface area contributed by atoms with E-state index in [1.54, 1.807) is 22.7 Å². The summed E-state index contributed by atoms with van der Waals surface area (Å²) in [4.78, 5) is 35.2. The first-order chi connectivity index (χ1) is 12.9. The van der Waals surface area contributed by atoms with Gasteiger partial charge in [0.05, 0.1) is 5.69 Å². The molecule has 1 aliphatic heterocycles. The van der Waals surface area contributed by atoms with Crippen LogP contribution < -0.4 is 10.5 Å². The Morgan fingerprint density at radius 2 is 1.96 bits per heavy atom. The number of aromatic nitrogens is 4. The average molecular weight is 431 g/mol. The molecule has 0 bridgehead atoms. The molecule has 1 N–H and O–H groups in total. The smallest absolute Gasteiger partial charge is 0.263 e. The van der Waals surface area contributed by atoms with E-state index in [1.807, 2.05) is 30.0 Å². The van der Waals surface area contributed by atoms with Gasteiger partial charge in [-0.15, -0.1) is 5.10 Å². The summed E-state index contributed by atoms with van der Waals surface area (Å²) in [5.41, 5.74) is 2.12. The molecule has 1 saturated heterocycles. The van der Waals surface area contributed by atoms with Crippen molar-refractivity contribution in [3.63, 3.8) is 0 Å². The van der Waals surface area contributed by atoms with E-state index in [9.17, 15) is 9.59 Å². The minimum absolute atomic E-state index is 0.0650. The lowest BCUT2D eigenvalue weighted by atomic mass is 10.2. The van der Waals surface area contributed by atoms with Gasteiger partial charge in [-0.05, 0) is 30.7 Å². The lowest BCUT2D eigenvalue weighted by molar-refractivity contribution is -0.129. The van der Waals surface area contributed by atoms with Crippen molar-refractivity contribution in [2.45, 2.75) is 13.8 Å². The van der Waals surface area contributed by atoms with Crippen LogP contribution in [0.3, 0.4) is 0 Å². The number of rotatable bonds is 2. The van der Waals surface area contributed by atoms with Crippen molar-refractivity contribution in [3.05, 3.63) is 44.8 Å². The van der Waals surface area contributed by atoms with Crippen molar-refractivity contribution >= 4 is 38.8 Å². The topological polar surface area (TPSA) is 87.1 Å². The number of fused-ring (bicyclic) bond motifs is 1. The molecule has 9 heteroatoms. The standard InChI is InChI=1S/C18H19BrN6O2/c1-11-9-13(19)3-4-15(11)25-10-14-16(22-25)20-18(21-17(14)27)24-7-5-23(6-8-24)12(2)26/h3-4,9-10H,5-8H2,1-2H3,(H,20,21,22,27). The van der Waals surface area contributed by atoms with Crippen LogP contribution in [-0.2, 0) is 4.79 Å². The molecule has 3 heterocycles. The fourth-order valence-corrected chi connectivity index (χ4v) is 3.76. The van der Waals surface area contributed by atoms with Crippen LogP contribution in [0.2, 0.25) is 0 Å². The second kappa shape index (κ2) is 6.80. The van der Waals surface area contributed by atoms with Crippen LogP contribution in [0.5, 0.6) is 0 Å². The number of hydrogen-bond acceptors (Lipinski definition) is 5. The Hall–Kier alpha value is -2.68. The molecular formula is C18H19BrN6O2. The summed E-state index contributed by atoms with van der Waals surface area (Å²) in [6.07, 6.45) is 1.70. The van der Waals surface area contributed by atoms with E-state index < -0.39 is 0 Å². The molecule has 2 aromatic heterocycles. The zero-order valence-electron chi connectivity index (χ0n) is 15.1. The molecule has 0 aliphatic carbocycles. The average Bonchev–Trinajstić information content (AvgIpc) is 3.06. The first-order valence-corrected chi connectivity index (χ1v) is 9.48. The predicted octanol–water partition coefficient (Wildman–Crippen LogP) is 1.85. The Bertz CT molecular complexity index is 1080. The zero-order chi connectivity index (χ0) is 19.1. The molecule has 1 aromatic carbocycles. The summed E-state index contributed by atoms with van der Waals surface area (Å²) >= 11 is 3.45. The van der Waals surface area contributed by atoms with E-state index in [1.165, 1.54) is 0 Å². The Morgan fingerprint density at radius 3 is 2.63 bits per heavy atom. The Morgan fingerprint density at radius 1 is 1.22 bits per heavy atom. The van der Waals surface area contributed by atoms with E-state index >= 15 is 0 Å². The van der Waals surface area contributed by atoms with Crippen LogP contribution in [0.15, 0.2) is 33.7 Å². The van der Waals surface area contributed by atoms with Gasteiger partial charge in [0.1, 0.15) is 5.39 Å². The van der Waals surface area contributed by atoms with Crippen molar-refractivity contribution in [1.82, 2.24) is 24.6 Å². The fourth-order valence-electron chi connectivity index (χ4n) is 3.29. The summed E-state index contributed by atoms with van der Waals surface area (Å²) < 4.78 is 2.68. The van der Waals surface area contributed by atoms with Crippen molar-refractivity contribution in [2.24, 2.45) is 0 Å². The van der Waals surface area contributed by atoms with Gasteiger partial charge in [0, 0.05) is 43.8 Å². The second-order valence-electron chi connectivity index (χ2n) is 6.62. The molecule has 1 aliphatic rings. The number of halogens is 1. The number of anilines is 1. The van der Waals surface area contributed by atoms with Gasteiger partial charge in [-0.3, -0.25) is 14.6 Å². The van der Waals surface area contributed by atoms with Crippen LogP contribution >= 0.6 is 15.9 Å². The molecule has 4 rings (SSSR count). The highest BCUT2D eigenvalue weighted by molar-refractivity contribution is 9.10. The fraction of sp³-hybridized carbons (Fsp3) is 0.333. The highest BCUT2D eigenvalue weighted by atomic mass is 79.9.